The molecule has 130 valence electrons. The summed E-state index contributed by atoms with van der Waals surface area (Å²) in [5.74, 6) is 0.707. The van der Waals surface area contributed by atoms with Gasteiger partial charge in [-0.25, -0.2) is 0 Å². The summed E-state index contributed by atoms with van der Waals surface area (Å²) in [5, 5.41) is 0. The van der Waals surface area contributed by atoms with Gasteiger partial charge in [0, 0.05) is 5.92 Å². The molecular weight excluding hydrogens is 307 g/mol. The summed E-state index contributed by atoms with van der Waals surface area (Å²) in [5.41, 5.74) is 5.29. The van der Waals surface area contributed by atoms with Gasteiger partial charge in [-0.15, -0.1) is 7.92 Å². The summed E-state index contributed by atoms with van der Waals surface area (Å²) >= 11 is 0. The Morgan fingerprint density at radius 2 is 1.42 bits per heavy atom. The van der Waals surface area contributed by atoms with Gasteiger partial charge in [-0.2, -0.15) is 0 Å². The van der Waals surface area contributed by atoms with E-state index in [2.05, 4.69) is 36.4 Å². The average molecular weight is 340 g/mol. The summed E-state index contributed by atoms with van der Waals surface area (Å²) in [6, 6.07) is 9.06. The fraction of sp³-hybridized carbons (Fsp3) is 0.652. The molecule has 0 aromatic heterocycles. The van der Waals surface area contributed by atoms with Crippen LogP contribution in [0.1, 0.15) is 87.7 Å². The molecule has 0 bridgehead atoms. The van der Waals surface area contributed by atoms with Crippen molar-refractivity contribution in [2.24, 2.45) is 0 Å². The third-order valence-electron chi connectivity index (χ3n) is 6.69. The zero-order valence-electron chi connectivity index (χ0n) is 15.1. The minimum absolute atomic E-state index is 0.264. The third kappa shape index (κ3) is 3.80. The molecule has 1 heteroatoms. The summed E-state index contributed by atoms with van der Waals surface area (Å²) in [6.07, 6.45) is 23.1. The minimum atomic E-state index is 0.264. The van der Waals surface area contributed by atoms with E-state index in [-0.39, 0.29) is 7.92 Å². The highest BCUT2D eigenvalue weighted by Crippen LogP contribution is 2.56. The lowest BCUT2D eigenvalue weighted by Gasteiger charge is -2.39. The first-order valence-electron chi connectivity index (χ1n) is 10.4. The highest BCUT2D eigenvalue weighted by atomic mass is 31.1. The lowest BCUT2D eigenvalue weighted by molar-refractivity contribution is 0.483. The van der Waals surface area contributed by atoms with Gasteiger partial charge in [0.15, 0.2) is 0 Å². The quantitative estimate of drug-likeness (QED) is 0.492. The van der Waals surface area contributed by atoms with Crippen LogP contribution >= 0.6 is 7.92 Å². The Morgan fingerprint density at radius 1 is 0.792 bits per heavy atom. The first-order chi connectivity index (χ1) is 11.9. The molecule has 1 unspecified atom stereocenters. The van der Waals surface area contributed by atoms with Gasteiger partial charge in [0.2, 0.25) is 0 Å². The number of fused-ring (bicyclic) bond motifs is 1. The maximum Gasteiger partial charge on any atom is 0.00305 e. The average Bonchev–Trinajstić information content (AvgIpc) is 3.07. The van der Waals surface area contributed by atoms with Gasteiger partial charge in [0.1, 0.15) is 0 Å². The number of allylic oxidation sites excluding steroid dienone is 1. The van der Waals surface area contributed by atoms with Gasteiger partial charge >= 0.3 is 0 Å². The van der Waals surface area contributed by atoms with E-state index in [1.54, 1.807) is 31.2 Å². The molecule has 0 nitrogen and oxygen atoms in total. The van der Waals surface area contributed by atoms with Gasteiger partial charge in [0.25, 0.3) is 0 Å². The maximum absolute atomic E-state index is 2.49. The van der Waals surface area contributed by atoms with Crippen molar-refractivity contribution in [1.29, 1.82) is 0 Å². The molecular formula is C23H33P. The predicted molar refractivity (Wildman–Crippen MR) is 108 cm³/mol. The molecule has 2 saturated carbocycles. The molecule has 4 rings (SSSR count). The normalized spacial score (nSPS) is 25.3. The Labute approximate surface area is 149 Å². The van der Waals surface area contributed by atoms with Gasteiger partial charge < -0.3 is 0 Å². The SMILES string of the molecule is C1=CC(CCP(C2CCCCC2)C2CCCCC2)c2ccccc21. The van der Waals surface area contributed by atoms with Crippen molar-refractivity contribution in [3.63, 3.8) is 0 Å². The molecule has 3 aliphatic carbocycles. The van der Waals surface area contributed by atoms with E-state index in [0.717, 1.165) is 11.3 Å². The molecule has 1 aromatic rings. The molecule has 0 amide bonds. The second kappa shape index (κ2) is 8.18. The van der Waals surface area contributed by atoms with Crippen LogP contribution in [0.2, 0.25) is 0 Å². The van der Waals surface area contributed by atoms with Gasteiger partial charge in [-0.1, -0.05) is 74.9 Å². The van der Waals surface area contributed by atoms with Gasteiger partial charge in [-0.05, 0) is 60.7 Å². The standard InChI is InChI=1S/C23H33P/c1-3-10-21(11-4-1)24(22-12-5-2-6-13-22)18-17-20-16-15-19-9-7-8-14-23(19)20/h7-9,14-16,20-22H,1-6,10-13,17-18H2. The predicted octanol–water partition coefficient (Wildman–Crippen LogP) is 7.33. The monoisotopic (exact) mass is 340 g/mol. The summed E-state index contributed by atoms with van der Waals surface area (Å²) in [6.45, 7) is 0. The second-order valence-electron chi connectivity index (χ2n) is 8.20. The van der Waals surface area contributed by atoms with E-state index < -0.39 is 0 Å². The topological polar surface area (TPSA) is 0 Å². The van der Waals surface area contributed by atoms with Crippen molar-refractivity contribution in [3.8, 4) is 0 Å². The van der Waals surface area contributed by atoms with Crippen LogP contribution in [0.4, 0.5) is 0 Å². The minimum Gasteiger partial charge on any atom is -0.100 e. The highest BCUT2D eigenvalue weighted by molar-refractivity contribution is 7.59. The Hall–Kier alpha value is -0.610. The molecule has 24 heavy (non-hydrogen) atoms. The van der Waals surface area contributed by atoms with E-state index in [9.17, 15) is 0 Å². The molecule has 1 aromatic carbocycles. The van der Waals surface area contributed by atoms with E-state index in [1.165, 1.54) is 56.7 Å². The molecule has 0 spiro atoms. The molecule has 0 aliphatic heterocycles. The van der Waals surface area contributed by atoms with Crippen LogP contribution in [0, 0.1) is 0 Å². The zero-order valence-corrected chi connectivity index (χ0v) is 16.0. The van der Waals surface area contributed by atoms with Crippen molar-refractivity contribution >= 4 is 14.0 Å². The van der Waals surface area contributed by atoms with Crippen molar-refractivity contribution in [2.45, 2.75) is 87.9 Å². The lowest BCUT2D eigenvalue weighted by Crippen LogP contribution is -2.22. The van der Waals surface area contributed by atoms with Crippen molar-refractivity contribution in [2.75, 3.05) is 6.16 Å². The number of benzene rings is 1. The Bertz CT molecular complexity index is 531. The molecule has 0 radical (unpaired) electrons. The summed E-state index contributed by atoms with van der Waals surface area (Å²) < 4.78 is 0. The Morgan fingerprint density at radius 3 is 2.08 bits per heavy atom. The summed E-state index contributed by atoms with van der Waals surface area (Å²) in [7, 11) is 0.264. The van der Waals surface area contributed by atoms with Crippen LogP contribution in [0.5, 0.6) is 0 Å². The van der Waals surface area contributed by atoms with Crippen LogP contribution in [0.25, 0.3) is 6.08 Å². The van der Waals surface area contributed by atoms with Crippen LogP contribution < -0.4 is 0 Å². The fourth-order valence-corrected chi connectivity index (χ4v) is 9.31. The molecule has 2 fully saturated rings. The number of hydrogen-bond acceptors (Lipinski definition) is 0. The first-order valence-corrected chi connectivity index (χ1v) is 12.1. The molecule has 0 N–H and O–H groups in total. The van der Waals surface area contributed by atoms with Crippen LogP contribution in [0.15, 0.2) is 30.3 Å². The van der Waals surface area contributed by atoms with E-state index in [0.29, 0.717) is 5.92 Å². The third-order valence-corrected chi connectivity index (χ3v) is 10.4. The van der Waals surface area contributed by atoms with Crippen molar-refractivity contribution < 1.29 is 0 Å². The molecule has 0 heterocycles. The number of rotatable bonds is 5. The Balaban J connectivity index is 1.42. The smallest absolute Gasteiger partial charge is 0.00305 e. The van der Waals surface area contributed by atoms with Crippen molar-refractivity contribution in [1.82, 2.24) is 0 Å². The largest absolute Gasteiger partial charge is 0.100 e. The van der Waals surface area contributed by atoms with Crippen LogP contribution in [-0.2, 0) is 0 Å². The first kappa shape index (κ1) is 16.8. The lowest BCUT2D eigenvalue weighted by atomic mass is 9.98. The Kier molecular flexibility index (Phi) is 5.74. The van der Waals surface area contributed by atoms with Crippen LogP contribution in [0.3, 0.4) is 0 Å². The molecule has 1 atom stereocenters. The molecule has 3 aliphatic rings. The highest BCUT2D eigenvalue weighted by Gasteiger charge is 2.31. The second-order valence-corrected chi connectivity index (χ2v) is 11.1. The summed E-state index contributed by atoms with van der Waals surface area (Å²) in [4.78, 5) is 0. The van der Waals surface area contributed by atoms with E-state index in [4.69, 9.17) is 0 Å². The van der Waals surface area contributed by atoms with E-state index in [1.807, 2.05) is 0 Å². The maximum atomic E-state index is 2.49. The molecule has 0 saturated heterocycles. The zero-order chi connectivity index (χ0) is 16.2. The van der Waals surface area contributed by atoms with E-state index >= 15 is 0 Å². The van der Waals surface area contributed by atoms with Gasteiger partial charge in [-0.3, -0.25) is 0 Å². The van der Waals surface area contributed by atoms with Crippen LogP contribution in [-0.4, -0.2) is 17.5 Å². The number of hydrogen-bond donors (Lipinski definition) is 0. The fourth-order valence-electron chi connectivity index (χ4n) is 5.35. The van der Waals surface area contributed by atoms with Crippen molar-refractivity contribution in [3.05, 3.63) is 41.5 Å². The van der Waals surface area contributed by atoms with Gasteiger partial charge in [0.05, 0.1) is 0 Å².